The fourth-order valence-corrected chi connectivity index (χ4v) is 11.7. The molecule has 6 heteroatoms. The number of aliphatic hydroxyl groups excluding tert-OH is 2. The van der Waals surface area contributed by atoms with Gasteiger partial charge in [0.25, 0.3) is 0 Å². The van der Waals surface area contributed by atoms with E-state index in [0.717, 1.165) is 44.9 Å². The summed E-state index contributed by atoms with van der Waals surface area (Å²) in [5, 5.41) is 23.3. The molecule has 0 heterocycles. The van der Waals surface area contributed by atoms with Crippen molar-refractivity contribution in [3.63, 3.8) is 0 Å². The number of aliphatic hydroxyl groups is 2. The molecular formula is C76H145NO5. The van der Waals surface area contributed by atoms with Gasteiger partial charge in [-0.3, -0.25) is 9.59 Å². The van der Waals surface area contributed by atoms with Gasteiger partial charge in [0.05, 0.1) is 25.4 Å². The van der Waals surface area contributed by atoms with Crippen LogP contribution in [0.15, 0.2) is 36.5 Å². The van der Waals surface area contributed by atoms with Crippen LogP contribution in [-0.2, 0) is 14.3 Å². The molecule has 0 aromatic carbocycles. The van der Waals surface area contributed by atoms with Gasteiger partial charge >= 0.3 is 5.97 Å². The zero-order chi connectivity index (χ0) is 59.2. The first-order valence-corrected chi connectivity index (χ1v) is 37.3. The first-order valence-electron chi connectivity index (χ1n) is 37.3. The molecule has 0 rings (SSSR count). The summed E-state index contributed by atoms with van der Waals surface area (Å²) in [6.45, 7) is 4.93. The SMILES string of the molecule is CCCCCC/C=C\CCCCCCCC(=O)OCCCCCCCCCCCCCC/C=C\CCCCCCCCCCCCCCCCC(=O)NC(CO)C(O)/C=C/CCCCCCCCCCCCCCCCCCCCCC. The summed E-state index contributed by atoms with van der Waals surface area (Å²) in [4.78, 5) is 24.6. The number of hydrogen-bond acceptors (Lipinski definition) is 5. The number of amides is 1. The first kappa shape index (κ1) is 80.1. The topological polar surface area (TPSA) is 95.9 Å². The van der Waals surface area contributed by atoms with Gasteiger partial charge in [-0.15, -0.1) is 0 Å². The Balaban J connectivity index is 3.40. The van der Waals surface area contributed by atoms with E-state index in [1.165, 1.54) is 340 Å². The molecule has 0 radical (unpaired) electrons. The molecule has 0 spiro atoms. The van der Waals surface area contributed by atoms with E-state index < -0.39 is 12.1 Å². The van der Waals surface area contributed by atoms with Crippen LogP contribution in [0.25, 0.3) is 0 Å². The summed E-state index contributed by atoms with van der Waals surface area (Å²) in [5.41, 5.74) is 0. The number of unbranched alkanes of at least 4 members (excludes halogenated alkanes) is 55. The van der Waals surface area contributed by atoms with Crippen molar-refractivity contribution >= 4 is 11.9 Å². The highest BCUT2D eigenvalue weighted by Crippen LogP contribution is 2.19. The van der Waals surface area contributed by atoms with Crippen molar-refractivity contribution < 1.29 is 24.5 Å². The summed E-state index contributed by atoms with van der Waals surface area (Å²) >= 11 is 0. The van der Waals surface area contributed by atoms with Gasteiger partial charge in [0.15, 0.2) is 0 Å². The molecule has 0 bridgehead atoms. The summed E-state index contributed by atoms with van der Waals surface area (Å²) in [6, 6.07) is -0.628. The van der Waals surface area contributed by atoms with Crippen LogP contribution in [0.3, 0.4) is 0 Å². The number of ether oxygens (including phenoxy) is 1. The number of carbonyl (C=O) groups excluding carboxylic acids is 2. The lowest BCUT2D eigenvalue weighted by Gasteiger charge is -2.20. The van der Waals surface area contributed by atoms with E-state index in [2.05, 4.69) is 43.5 Å². The van der Waals surface area contributed by atoms with Gasteiger partial charge in [-0.2, -0.15) is 0 Å². The molecule has 2 unspecified atom stereocenters. The van der Waals surface area contributed by atoms with Crippen molar-refractivity contribution in [2.45, 2.75) is 424 Å². The third-order valence-electron chi connectivity index (χ3n) is 17.4. The van der Waals surface area contributed by atoms with Crippen LogP contribution in [0.2, 0.25) is 0 Å². The van der Waals surface area contributed by atoms with E-state index in [9.17, 15) is 19.8 Å². The highest BCUT2D eigenvalue weighted by Gasteiger charge is 2.18. The van der Waals surface area contributed by atoms with Gasteiger partial charge < -0.3 is 20.3 Å². The summed E-state index contributed by atoms with van der Waals surface area (Å²) in [6.07, 6.45) is 92.4. The third kappa shape index (κ3) is 67.2. The summed E-state index contributed by atoms with van der Waals surface area (Å²) in [5.74, 6) is -0.0543. The van der Waals surface area contributed by atoms with Crippen molar-refractivity contribution in [3.05, 3.63) is 36.5 Å². The van der Waals surface area contributed by atoms with Crippen LogP contribution in [0.4, 0.5) is 0 Å². The van der Waals surface area contributed by atoms with Gasteiger partial charge in [-0.1, -0.05) is 352 Å². The number of allylic oxidation sites excluding steroid dienone is 5. The first-order chi connectivity index (χ1) is 40.5. The normalized spacial score (nSPS) is 12.7. The maximum absolute atomic E-state index is 12.5. The fraction of sp³-hybridized carbons (Fsp3) is 0.895. The van der Waals surface area contributed by atoms with Crippen molar-refractivity contribution in [3.8, 4) is 0 Å². The molecule has 1 amide bonds. The van der Waals surface area contributed by atoms with E-state index in [1.807, 2.05) is 6.08 Å². The lowest BCUT2D eigenvalue weighted by molar-refractivity contribution is -0.143. The zero-order valence-corrected chi connectivity index (χ0v) is 55.5. The second kappa shape index (κ2) is 71.6. The quantitative estimate of drug-likeness (QED) is 0.0320. The smallest absolute Gasteiger partial charge is 0.305 e. The van der Waals surface area contributed by atoms with Crippen molar-refractivity contribution in [1.29, 1.82) is 0 Å². The average molecular weight is 1150 g/mol. The zero-order valence-electron chi connectivity index (χ0n) is 55.5. The Morgan fingerprint density at radius 1 is 0.329 bits per heavy atom. The van der Waals surface area contributed by atoms with Crippen molar-refractivity contribution in [1.82, 2.24) is 5.32 Å². The minimum absolute atomic E-state index is 0.00801. The third-order valence-corrected chi connectivity index (χ3v) is 17.4. The van der Waals surface area contributed by atoms with E-state index in [0.29, 0.717) is 19.4 Å². The van der Waals surface area contributed by atoms with Crippen LogP contribution >= 0.6 is 0 Å². The molecular weight excluding hydrogens is 1010 g/mol. The average Bonchev–Trinajstić information content (AvgIpc) is 3.48. The van der Waals surface area contributed by atoms with Crippen molar-refractivity contribution in [2.75, 3.05) is 13.2 Å². The second-order valence-corrected chi connectivity index (χ2v) is 25.6. The lowest BCUT2D eigenvalue weighted by Crippen LogP contribution is -2.45. The Labute approximate surface area is 513 Å². The van der Waals surface area contributed by atoms with Crippen LogP contribution in [-0.4, -0.2) is 47.4 Å². The lowest BCUT2D eigenvalue weighted by atomic mass is 10.0. The highest BCUT2D eigenvalue weighted by atomic mass is 16.5. The molecule has 3 N–H and O–H groups in total. The minimum atomic E-state index is -0.845. The number of esters is 1. The molecule has 6 nitrogen and oxygen atoms in total. The molecule has 0 aromatic heterocycles. The fourth-order valence-electron chi connectivity index (χ4n) is 11.7. The molecule has 484 valence electrons. The van der Waals surface area contributed by atoms with Gasteiger partial charge in [-0.25, -0.2) is 0 Å². The van der Waals surface area contributed by atoms with Gasteiger partial charge in [0, 0.05) is 12.8 Å². The second-order valence-electron chi connectivity index (χ2n) is 25.6. The molecule has 82 heavy (non-hydrogen) atoms. The Morgan fingerprint density at radius 2 is 0.573 bits per heavy atom. The molecule has 0 saturated carbocycles. The largest absolute Gasteiger partial charge is 0.466 e. The summed E-state index contributed by atoms with van der Waals surface area (Å²) < 4.78 is 5.48. The predicted molar refractivity (Wildman–Crippen MR) is 361 cm³/mol. The number of rotatable bonds is 70. The molecule has 2 atom stereocenters. The Kier molecular flexibility index (Phi) is 69.9. The van der Waals surface area contributed by atoms with Crippen LogP contribution < -0.4 is 5.32 Å². The minimum Gasteiger partial charge on any atom is -0.466 e. The van der Waals surface area contributed by atoms with E-state index in [-0.39, 0.29) is 18.5 Å². The maximum atomic E-state index is 12.5. The maximum Gasteiger partial charge on any atom is 0.305 e. The van der Waals surface area contributed by atoms with E-state index >= 15 is 0 Å². The van der Waals surface area contributed by atoms with Gasteiger partial charge in [0.2, 0.25) is 5.91 Å². The van der Waals surface area contributed by atoms with Crippen LogP contribution in [0.1, 0.15) is 412 Å². The van der Waals surface area contributed by atoms with Crippen molar-refractivity contribution in [2.24, 2.45) is 0 Å². The molecule has 0 fully saturated rings. The molecule has 0 saturated heterocycles. The highest BCUT2D eigenvalue weighted by molar-refractivity contribution is 5.76. The molecule has 0 aliphatic carbocycles. The van der Waals surface area contributed by atoms with Crippen LogP contribution in [0.5, 0.6) is 0 Å². The Hall–Kier alpha value is -1.92. The monoisotopic (exact) mass is 1150 g/mol. The summed E-state index contributed by atoms with van der Waals surface area (Å²) in [7, 11) is 0. The van der Waals surface area contributed by atoms with Crippen LogP contribution in [0, 0.1) is 0 Å². The number of nitrogens with one attached hydrogen (secondary N) is 1. The van der Waals surface area contributed by atoms with Gasteiger partial charge in [0.1, 0.15) is 0 Å². The molecule has 0 aromatic rings. The molecule has 0 aliphatic rings. The Bertz CT molecular complexity index is 1330. The predicted octanol–water partition coefficient (Wildman–Crippen LogP) is 24.3. The van der Waals surface area contributed by atoms with E-state index in [1.54, 1.807) is 6.08 Å². The molecule has 0 aliphatic heterocycles. The van der Waals surface area contributed by atoms with E-state index in [4.69, 9.17) is 4.74 Å². The van der Waals surface area contributed by atoms with Gasteiger partial charge in [-0.05, 0) is 83.5 Å². The number of carbonyl (C=O) groups is 2. The number of hydrogen-bond donors (Lipinski definition) is 3. The standard InChI is InChI=1S/C76H145NO5/c1-3-5-7-9-11-13-15-17-18-19-20-21-32-35-38-41-45-48-52-56-60-64-68-74(79)73(72-78)77-75(80)69-65-61-57-53-49-46-42-39-36-33-30-28-26-24-22-23-25-27-29-31-34-37-40-43-47-51-55-59-63-67-71-82-76(81)70-66-62-58-54-50-44-16-14-12-10-8-6-4-2/h14,16,23,25,64,68,73-74,78-79H,3-13,15,17-22,24,26-63,65-67,69-72H2,1-2H3,(H,77,80)/b16-14-,25-23-,68-64+. The Morgan fingerprint density at radius 3 is 0.878 bits per heavy atom.